The normalized spacial score (nSPS) is 10.2. The van der Waals surface area contributed by atoms with Gasteiger partial charge in [-0.15, -0.1) is 0 Å². The molecule has 0 heterocycles. The number of carbonyl (C=O) groups is 1. The highest BCUT2D eigenvalue weighted by atomic mass is 35.5. The van der Waals surface area contributed by atoms with Crippen molar-refractivity contribution in [2.45, 2.75) is 0 Å². The first-order valence-electron chi connectivity index (χ1n) is 6.03. The number of nitrogens with zero attached hydrogens (tertiary/aromatic N) is 1. The van der Waals surface area contributed by atoms with E-state index in [0.717, 1.165) is 0 Å². The Balaban J connectivity index is 2.37. The van der Waals surface area contributed by atoms with Gasteiger partial charge in [0.1, 0.15) is 10.8 Å². The number of rotatable bonds is 3. The van der Waals surface area contributed by atoms with Crippen LogP contribution in [0.3, 0.4) is 0 Å². The molecule has 2 N–H and O–H groups in total. The molecule has 0 aliphatic heterocycles. The number of anilines is 1. The SMILES string of the molecule is CN(C(=O)c1cccc(F)c1Cl)c1cccc(C(N)=S)c1. The van der Waals surface area contributed by atoms with Crippen LogP contribution in [-0.2, 0) is 0 Å². The first-order chi connectivity index (χ1) is 9.91. The first kappa shape index (κ1) is 15.4. The van der Waals surface area contributed by atoms with E-state index in [4.69, 9.17) is 29.6 Å². The van der Waals surface area contributed by atoms with Crippen molar-refractivity contribution < 1.29 is 9.18 Å². The second-order valence-electron chi connectivity index (χ2n) is 4.38. The Morgan fingerprint density at radius 2 is 1.95 bits per heavy atom. The highest BCUT2D eigenvalue weighted by Crippen LogP contribution is 2.23. The van der Waals surface area contributed by atoms with Crippen molar-refractivity contribution >= 4 is 40.4 Å². The predicted octanol–water partition coefficient (Wildman–Crippen LogP) is 3.39. The Bertz CT molecular complexity index is 721. The molecule has 0 aromatic heterocycles. The van der Waals surface area contributed by atoms with E-state index in [1.165, 1.54) is 23.1 Å². The zero-order chi connectivity index (χ0) is 15.6. The number of nitrogens with two attached hydrogens (primary N) is 1. The van der Waals surface area contributed by atoms with Gasteiger partial charge in [-0.2, -0.15) is 0 Å². The highest BCUT2D eigenvalue weighted by Gasteiger charge is 2.18. The van der Waals surface area contributed by atoms with E-state index in [9.17, 15) is 9.18 Å². The fourth-order valence-electron chi connectivity index (χ4n) is 1.83. The molecule has 0 spiro atoms. The third-order valence-corrected chi connectivity index (χ3v) is 3.62. The maximum atomic E-state index is 13.4. The van der Waals surface area contributed by atoms with Crippen LogP contribution in [0.4, 0.5) is 10.1 Å². The number of amides is 1. The predicted molar refractivity (Wildman–Crippen MR) is 86.5 cm³/mol. The fourth-order valence-corrected chi connectivity index (χ4v) is 2.17. The molecule has 0 unspecified atom stereocenters. The monoisotopic (exact) mass is 322 g/mol. The van der Waals surface area contributed by atoms with Crippen LogP contribution in [0.15, 0.2) is 42.5 Å². The molecule has 0 radical (unpaired) electrons. The molecular weight excluding hydrogens is 311 g/mol. The molecule has 0 aliphatic rings. The summed E-state index contributed by atoms with van der Waals surface area (Å²) in [4.78, 5) is 14.0. The van der Waals surface area contributed by atoms with Crippen LogP contribution in [0.2, 0.25) is 5.02 Å². The van der Waals surface area contributed by atoms with Gasteiger partial charge in [0.15, 0.2) is 0 Å². The molecule has 0 fully saturated rings. The average molecular weight is 323 g/mol. The van der Waals surface area contributed by atoms with Crippen molar-refractivity contribution in [3.05, 3.63) is 64.4 Å². The lowest BCUT2D eigenvalue weighted by atomic mass is 10.1. The van der Waals surface area contributed by atoms with Gasteiger partial charge in [-0.1, -0.05) is 42.0 Å². The second-order valence-corrected chi connectivity index (χ2v) is 5.20. The lowest BCUT2D eigenvalue weighted by molar-refractivity contribution is 0.0992. The van der Waals surface area contributed by atoms with Crippen molar-refractivity contribution in [3.63, 3.8) is 0 Å². The summed E-state index contributed by atoms with van der Waals surface area (Å²) in [6, 6.07) is 11.0. The molecule has 108 valence electrons. The van der Waals surface area contributed by atoms with E-state index in [1.807, 2.05) is 0 Å². The molecule has 0 aliphatic carbocycles. The van der Waals surface area contributed by atoms with Crippen molar-refractivity contribution in [1.29, 1.82) is 0 Å². The number of carbonyl (C=O) groups excluding carboxylic acids is 1. The second kappa shape index (κ2) is 6.20. The van der Waals surface area contributed by atoms with E-state index in [1.54, 1.807) is 31.3 Å². The fraction of sp³-hybridized carbons (Fsp3) is 0.0667. The first-order valence-corrected chi connectivity index (χ1v) is 6.82. The summed E-state index contributed by atoms with van der Waals surface area (Å²) in [5.41, 5.74) is 6.90. The molecule has 0 bridgehead atoms. The van der Waals surface area contributed by atoms with Crippen LogP contribution >= 0.6 is 23.8 Å². The molecule has 21 heavy (non-hydrogen) atoms. The Morgan fingerprint density at radius 1 is 1.29 bits per heavy atom. The van der Waals surface area contributed by atoms with Gasteiger partial charge in [0.2, 0.25) is 0 Å². The summed E-state index contributed by atoms with van der Waals surface area (Å²) in [5, 5.41) is -0.195. The molecule has 6 heteroatoms. The topological polar surface area (TPSA) is 46.3 Å². The molecule has 2 rings (SSSR count). The van der Waals surface area contributed by atoms with Gasteiger partial charge in [0.05, 0.1) is 10.6 Å². The van der Waals surface area contributed by atoms with Gasteiger partial charge in [-0.25, -0.2) is 4.39 Å². The molecule has 0 saturated carbocycles. The minimum absolute atomic E-state index is 0.0971. The molecule has 0 saturated heterocycles. The summed E-state index contributed by atoms with van der Waals surface area (Å²) < 4.78 is 13.4. The summed E-state index contributed by atoms with van der Waals surface area (Å²) in [5.74, 6) is -1.05. The Labute approximate surface area is 132 Å². The smallest absolute Gasteiger partial charge is 0.259 e. The van der Waals surface area contributed by atoms with Crippen LogP contribution < -0.4 is 10.6 Å². The number of hydrogen-bond acceptors (Lipinski definition) is 2. The summed E-state index contributed by atoms with van der Waals surface area (Å²) in [6.07, 6.45) is 0. The van der Waals surface area contributed by atoms with Gasteiger partial charge < -0.3 is 10.6 Å². The standard InChI is InChI=1S/C15H12ClFN2OS/c1-19(10-5-2-4-9(8-10)14(18)21)15(20)11-6-3-7-12(17)13(11)16/h2-8H,1H3,(H2,18,21). The quantitative estimate of drug-likeness (QED) is 0.881. The van der Waals surface area contributed by atoms with Gasteiger partial charge >= 0.3 is 0 Å². The summed E-state index contributed by atoms with van der Waals surface area (Å²) in [7, 11) is 1.57. The lowest BCUT2D eigenvalue weighted by Gasteiger charge is -2.19. The average Bonchev–Trinajstić information content (AvgIpc) is 2.48. The zero-order valence-electron chi connectivity index (χ0n) is 11.1. The van der Waals surface area contributed by atoms with Crippen LogP contribution in [-0.4, -0.2) is 17.9 Å². The maximum Gasteiger partial charge on any atom is 0.259 e. The number of halogens is 2. The van der Waals surface area contributed by atoms with Crippen LogP contribution in [0.25, 0.3) is 0 Å². The van der Waals surface area contributed by atoms with Crippen molar-refractivity contribution in [2.24, 2.45) is 5.73 Å². The van der Waals surface area contributed by atoms with E-state index in [0.29, 0.717) is 11.3 Å². The molecule has 3 nitrogen and oxygen atoms in total. The lowest BCUT2D eigenvalue weighted by Crippen LogP contribution is -2.27. The molecule has 1 amide bonds. The van der Waals surface area contributed by atoms with Crippen molar-refractivity contribution in [3.8, 4) is 0 Å². The van der Waals surface area contributed by atoms with Gasteiger partial charge in [-0.05, 0) is 24.3 Å². The van der Waals surface area contributed by atoms with Crippen LogP contribution in [0.1, 0.15) is 15.9 Å². The Morgan fingerprint density at radius 3 is 2.62 bits per heavy atom. The molecular formula is C15H12ClFN2OS. The third-order valence-electron chi connectivity index (χ3n) is 3.00. The van der Waals surface area contributed by atoms with Gasteiger partial charge in [0, 0.05) is 18.3 Å². The van der Waals surface area contributed by atoms with E-state index in [2.05, 4.69) is 0 Å². The Hall–Kier alpha value is -1.98. The minimum atomic E-state index is -0.632. The minimum Gasteiger partial charge on any atom is -0.389 e. The highest BCUT2D eigenvalue weighted by molar-refractivity contribution is 7.80. The largest absolute Gasteiger partial charge is 0.389 e. The number of hydrogen-bond donors (Lipinski definition) is 1. The summed E-state index contributed by atoms with van der Waals surface area (Å²) in [6.45, 7) is 0. The molecule has 0 atom stereocenters. The Kier molecular flexibility index (Phi) is 4.55. The summed E-state index contributed by atoms with van der Waals surface area (Å²) >= 11 is 10.7. The van der Waals surface area contributed by atoms with Crippen molar-refractivity contribution in [2.75, 3.05) is 11.9 Å². The van der Waals surface area contributed by atoms with Crippen LogP contribution in [0, 0.1) is 5.82 Å². The van der Waals surface area contributed by atoms with E-state index >= 15 is 0 Å². The van der Waals surface area contributed by atoms with E-state index < -0.39 is 11.7 Å². The third kappa shape index (κ3) is 3.20. The van der Waals surface area contributed by atoms with Crippen molar-refractivity contribution in [1.82, 2.24) is 0 Å². The van der Waals surface area contributed by atoms with Gasteiger partial charge in [0.25, 0.3) is 5.91 Å². The van der Waals surface area contributed by atoms with Crippen LogP contribution in [0.5, 0.6) is 0 Å². The van der Waals surface area contributed by atoms with E-state index in [-0.39, 0.29) is 15.6 Å². The maximum absolute atomic E-state index is 13.4. The van der Waals surface area contributed by atoms with Gasteiger partial charge in [-0.3, -0.25) is 4.79 Å². The molecule has 2 aromatic rings. The number of benzene rings is 2. The number of thiocarbonyl (C=S) groups is 1. The zero-order valence-corrected chi connectivity index (χ0v) is 12.7. The molecule has 2 aromatic carbocycles.